The highest BCUT2D eigenvalue weighted by molar-refractivity contribution is 6.11. The van der Waals surface area contributed by atoms with Gasteiger partial charge in [-0.25, -0.2) is 4.99 Å². The molecule has 3 heteroatoms. The largest absolute Gasteiger partial charge is 0.388 e. The van der Waals surface area contributed by atoms with Crippen molar-refractivity contribution in [1.82, 2.24) is 0 Å². The summed E-state index contributed by atoms with van der Waals surface area (Å²) in [5, 5.41) is 3.29. The van der Waals surface area contributed by atoms with E-state index in [0.29, 0.717) is 0 Å². The monoisotopic (exact) mass is 491 g/mol. The van der Waals surface area contributed by atoms with Crippen molar-refractivity contribution in [3.05, 3.63) is 145 Å². The van der Waals surface area contributed by atoms with E-state index in [-0.39, 0.29) is 0 Å². The third kappa shape index (κ3) is 5.53. The summed E-state index contributed by atoms with van der Waals surface area (Å²) in [5.41, 5.74) is 10.6. The number of nitrogens with zero attached hydrogens (tertiary/aromatic N) is 2. The topological polar surface area (TPSA) is 36.8 Å². The van der Waals surface area contributed by atoms with Crippen LogP contribution in [0.1, 0.15) is 5.56 Å². The molecule has 0 radical (unpaired) electrons. The Bertz CT molecular complexity index is 1600. The van der Waals surface area contributed by atoms with E-state index in [0.717, 1.165) is 44.9 Å². The van der Waals surface area contributed by atoms with Crippen LogP contribution in [-0.4, -0.2) is 19.5 Å². The van der Waals surface area contributed by atoms with Crippen LogP contribution in [0.25, 0.3) is 33.4 Å². The first kappa shape index (κ1) is 24.7. The van der Waals surface area contributed by atoms with E-state index in [9.17, 15) is 0 Å². The molecule has 0 saturated carbocycles. The highest BCUT2D eigenvalue weighted by atomic mass is 14.8. The summed E-state index contributed by atoms with van der Waals surface area (Å²) in [7, 11) is 1.94. The predicted octanol–water partition coefficient (Wildman–Crippen LogP) is 9.06. The highest BCUT2D eigenvalue weighted by Gasteiger charge is 2.10. The lowest BCUT2D eigenvalue weighted by molar-refractivity contribution is 1.46. The molecule has 0 amide bonds. The van der Waals surface area contributed by atoms with E-state index in [1.165, 1.54) is 11.1 Å². The van der Waals surface area contributed by atoms with Crippen molar-refractivity contribution in [2.24, 2.45) is 9.98 Å². The average molecular weight is 492 g/mol. The van der Waals surface area contributed by atoms with Crippen LogP contribution in [0.5, 0.6) is 0 Å². The summed E-state index contributed by atoms with van der Waals surface area (Å²) in [6.45, 7) is 3.62. The van der Waals surface area contributed by atoms with Crippen molar-refractivity contribution in [2.45, 2.75) is 0 Å². The molecule has 0 heterocycles. The van der Waals surface area contributed by atoms with Crippen LogP contribution in [0.4, 0.5) is 11.4 Å². The second-order valence-corrected chi connectivity index (χ2v) is 8.83. The van der Waals surface area contributed by atoms with Crippen LogP contribution < -0.4 is 5.32 Å². The summed E-state index contributed by atoms with van der Waals surface area (Å²) in [6.07, 6.45) is 3.59. The SMILES string of the molecule is C=N/C=C\C(=Nc1ccccc1-c1ccccc1NC)c1cccc(-c2ccc(-c3ccccc3)cc2)c1. The molecule has 0 aromatic heterocycles. The fourth-order valence-electron chi connectivity index (χ4n) is 4.53. The lowest BCUT2D eigenvalue weighted by atomic mass is 9.98. The highest BCUT2D eigenvalue weighted by Crippen LogP contribution is 2.35. The zero-order valence-corrected chi connectivity index (χ0v) is 21.4. The molecular formula is C35H29N3. The summed E-state index contributed by atoms with van der Waals surface area (Å²) in [6, 6.07) is 44.0. The van der Waals surface area contributed by atoms with E-state index in [4.69, 9.17) is 4.99 Å². The molecule has 184 valence electrons. The van der Waals surface area contributed by atoms with Gasteiger partial charge in [-0.05, 0) is 53.2 Å². The van der Waals surface area contributed by atoms with Crippen molar-refractivity contribution in [3.8, 4) is 33.4 Å². The number of anilines is 1. The smallest absolute Gasteiger partial charge is 0.0725 e. The Labute approximate surface area is 224 Å². The molecule has 0 aliphatic carbocycles. The van der Waals surface area contributed by atoms with Gasteiger partial charge < -0.3 is 5.32 Å². The van der Waals surface area contributed by atoms with Gasteiger partial charge in [-0.3, -0.25) is 4.99 Å². The number of para-hydroxylation sites is 2. The molecule has 0 saturated heterocycles. The molecule has 0 aliphatic rings. The first-order chi connectivity index (χ1) is 18.8. The standard InChI is InChI=1S/C35H29N3/c1-36-24-23-33(38-35-18-9-7-16-32(35)31-15-6-8-17-34(31)37-2)30-14-10-13-29(25-30)28-21-19-27(20-22-28)26-11-4-3-5-12-26/h3-25,37H,1H2,2H3/b24-23-,38-33?. The molecular weight excluding hydrogens is 462 g/mol. The number of allylic oxidation sites excluding steroid dienone is 1. The lowest BCUT2D eigenvalue weighted by Crippen LogP contribution is -1.98. The summed E-state index contributed by atoms with van der Waals surface area (Å²) in [5.74, 6) is 0. The molecule has 3 nitrogen and oxygen atoms in total. The van der Waals surface area contributed by atoms with E-state index in [1.54, 1.807) is 6.20 Å². The summed E-state index contributed by atoms with van der Waals surface area (Å²) in [4.78, 5) is 9.07. The summed E-state index contributed by atoms with van der Waals surface area (Å²) < 4.78 is 0. The molecule has 0 unspecified atom stereocenters. The molecule has 0 atom stereocenters. The first-order valence-corrected chi connectivity index (χ1v) is 12.6. The molecule has 5 aromatic rings. The van der Waals surface area contributed by atoms with Gasteiger partial charge in [0.15, 0.2) is 0 Å². The fraction of sp³-hybridized carbons (Fsp3) is 0.0286. The maximum Gasteiger partial charge on any atom is 0.0725 e. The third-order valence-electron chi connectivity index (χ3n) is 6.45. The maximum atomic E-state index is 5.12. The van der Waals surface area contributed by atoms with E-state index >= 15 is 0 Å². The van der Waals surface area contributed by atoms with Gasteiger partial charge in [0.2, 0.25) is 0 Å². The van der Waals surface area contributed by atoms with Gasteiger partial charge in [-0.2, -0.15) is 0 Å². The normalized spacial score (nSPS) is 11.4. The summed E-state index contributed by atoms with van der Waals surface area (Å²) >= 11 is 0. The van der Waals surface area contributed by atoms with Gasteiger partial charge in [-0.15, -0.1) is 0 Å². The second-order valence-electron chi connectivity index (χ2n) is 8.83. The molecule has 5 rings (SSSR count). The molecule has 0 bridgehead atoms. The zero-order valence-electron chi connectivity index (χ0n) is 21.4. The van der Waals surface area contributed by atoms with Gasteiger partial charge in [0, 0.05) is 35.6 Å². The van der Waals surface area contributed by atoms with Gasteiger partial charge in [0.05, 0.1) is 11.4 Å². The molecule has 0 aliphatic heterocycles. The maximum absolute atomic E-state index is 5.12. The van der Waals surface area contributed by atoms with Crippen LogP contribution in [0.15, 0.2) is 150 Å². The van der Waals surface area contributed by atoms with Gasteiger partial charge >= 0.3 is 0 Å². The second kappa shape index (κ2) is 11.8. The minimum Gasteiger partial charge on any atom is -0.388 e. The zero-order chi connectivity index (χ0) is 26.2. The van der Waals surface area contributed by atoms with Crippen molar-refractivity contribution in [1.29, 1.82) is 0 Å². The molecule has 5 aromatic carbocycles. The minimum absolute atomic E-state index is 0.814. The lowest BCUT2D eigenvalue weighted by Gasteiger charge is -2.12. The van der Waals surface area contributed by atoms with Gasteiger partial charge in [-0.1, -0.05) is 109 Å². The Morgan fingerprint density at radius 3 is 1.97 bits per heavy atom. The van der Waals surface area contributed by atoms with Crippen LogP contribution in [0.2, 0.25) is 0 Å². The fourth-order valence-corrected chi connectivity index (χ4v) is 4.53. The Kier molecular flexibility index (Phi) is 7.67. The van der Waals surface area contributed by atoms with Crippen molar-refractivity contribution in [3.63, 3.8) is 0 Å². The quantitative estimate of drug-likeness (QED) is 0.216. The number of benzene rings is 5. The number of rotatable bonds is 8. The number of hydrogen-bond acceptors (Lipinski definition) is 3. The van der Waals surface area contributed by atoms with E-state index < -0.39 is 0 Å². The van der Waals surface area contributed by atoms with Crippen molar-refractivity contribution >= 4 is 23.8 Å². The number of nitrogens with one attached hydrogen (secondary N) is 1. The van der Waals surface area contributed by atoms with Crippen LogP contribution in [0.3, 0.4) is 0 Å². The Balaban J connectivity index is 1.54. The number of aliphatic imine (C=N–C) groups is 2. The van der Waals surface area contributed by atoms with Crippen molar-refractivity contribution in [2.75, 3.05) is 12.4 Å². The third-order valence-corrected chi connectivity index (χ3v) is 6.45. The van der Waals surface area contributed by atoms with Gasteiger partial charge in [0.1, 0.15) is 0 Å². The van der Waals surface area contributed by atoms with Gasteiger partial charge in [0.25, 0.3) is 0 Å². The van der Waals surface area contributed by atoms with Crippen molar-refractivity contribution < 1.29 is 0 Å². The molecule has 0 fully saturated rings. The Morgan fingerprint density at radius 1 is 0.632 bits per heavy atom. The molecule has 38 heavy (non-hydrogen) atoms. The predicted molar refractivity (Wildman–Crippen MR) is 164 cm³/mol. The minimum atomic E-state index is 0.814. The van der Waals surface area contributed by atoms with Crippen LogP contribution in [-0.2, 0) is 0 Å². The number of hydrogen-bond donors (Lipinski definition) is 1. The van der Waals surface area contributed by atoms with Crippen LogP contribution in [0, 0.1) is 0 Å². The van der Waals surface area contributed by atoms with E-state index in [1.807, 2.05) is 49.5 Å². The molecule has 0 spiro atoms. The average Bonchev–Trinajstić information content (AvgIpc) is 3.00. The Morgan fingerprint density at radius 2 is 1.24 bits per heavy atom. The Hall–Kier alpha value is -5.02. The van der Waals surface area contributed by atoms with E-state index in [2.05, 4.69) is 108 Å². The first-order valence-electron chi connectivity index (χ1n) is 12.6. The van der Waals surface area contributed by atoms with Crippen LogP contribution >= 0.6 is 0 Å². The molecule has 1 N–H and O–H groups in total.